The van der Waals surface area contributed by atoms with Crippen LogP contribution in [0.4, 0.5) is 4.79 Å². The summed E-state index contributed by atoms with van der Waals surface area (Å²) in [5.41, 5.74) is 1.53. The van der Waals surface area contributed by atoms with Crippen molar-refractivity contribution in [2.45, 2.75) is 65.3 Å². The minimum absolute atomic E-state index is 0.00601. The first kappa shape index (κ1) is 22.0. The van der Waals surface area contributed by atoms with Gasteiger partial charge in [0.05, 0.1) is 13.0 Å². The smallest absolute Gasteiger partial charge is 0.408 e. The van der Waals surface area contributed by atoms with Gasteiger partial charge >= 0.3 is 12.1 Å². The van der Waals surface area contributed by atoms with Crippen LogP contribution in [0.3, 0.4) is 0 Å². The normalized spacial score (nSPS) is 15.9. The second-order valence-electron chi connectivity index (χ2n) is 8.03. The third-order valence-corrected chi connectivity index (χ3v) is 4.93. The van der Waals surface area contributed by atoms with Crippen LogP contribution in [0.2, 0.25) is 0 Å². The number of esters is 1. The fourth-order valence-electron chi connectivity index (χ4n) is 3.67. The van der Waals surface area contributed by atoms with Gasteiger partial charge in [-0.15, -0.1) is 0 Å². The molecule has 1 amide bonds. The van der Waals surface area contributed by atoms with Crippen molar-refractivity contribution in [3.8, 4) is 5.75 Å². The number of nitrogens with zero attached hydrogens (tertiary/aromatic N) is 2. The fourth-order valence-corrected chi connectivity index (χ4v) is 3.67. The summed E-state index contributed by atoms with van der Waals surface area (Å²) < 4.78 is 11.2. The highest BCUT2D eigenvalue weighted by Crippen LogP contribution is 2.42. The van der Waals surface area contributed by atoms with Crippen LogP contribution in [0.1, 0.15) is 58.3 Å². The van der Waals surface area contributed by atoms with Gasteiger partial charge in [-0.05, 0) is 40.2 Å². The zero-order valence-electron chi connectivity index (χ0n) is 17.7. The number of carboxylic acid groups (broad SMARTS) is 1. The first-order chi connectivity index (χ1) is 13.1. The van der Waals surface area contributed by atoms with Crippen molar-refractivity contribution in [3.05, 3.63) is 29.3 Å². The average molecular weight is 392 g/mol. The largest absolute Gasteiger partial charge is 0.487 e. The number of benzene rings is 1. The summed E-state index contributed by atoms with van der Waals surface area (Å²) in [6, 6.07) is 5.87. The maximum atomic E-state index is 11.9. The molecule has 0 aliphatic carbocycles. The maximum Gasteiger partial charge on any atom is 0.408 e. The van der Waals surface area contributed by atoms with Gasteiger partial charge in [-0.3, -0.25) is 14.6 Å². The number of hydrogen-bond acceptors (Lipinski definition) is 5. The zero-order chi connectivity index (χ0) is 21.1. The number of carbonyl (C=O) groups excluding carboxylic acids is 1. The number of rotatable bonds is 8. The average Bonchev–Trinajstić information content (AvgIpc) is 2.92. The molecular formula is C21H32N2O5. The molecule has 0 saturated heterocycles. The molecule has 0 spiro atoms. The Hall–Kier alpha value is -2.28. The molecule has 156 valence electrons. The van der Waals surface area contributed by atoms with E-state index in [9.17, 15) is 14.7 Å². The van der Waals surface area contributed by atoms with E-state index in [1.807, 2.05) is 50.8 Å². The Morgan fingerprint density at radius 3 is 2.57 bits per heavy atom. The summed E-state index contributed by atoms with van der Waals surface area (Å²) in [5, 5.41) is 9.72. The van der Waals surface area contributed by atoms with Gasteiger partial charge in [0.25, 0.3) is 0 Å². The van der Waals surface area contributed by atoms with Crippen molar-refractivity contribution in [1.29, 1.82) is 0 Å². The van der Waals surface area contributed by atoms with Crippen molar-refractivity contribution in [1.82, 2.24) is 9.80 Å². The van der Waals surface area contributed by atoms with E-state index < -0.39 is 12.3 Å². The molecular weight excluding hydrogens is 360 g/mol. The van der Waals surface area contributed by atoms with Gasteiger partial charge in [0.1, 0.15) is 17.5 Å². The SMILES string of the molecule is CCOC(=O)CCN(C(C)C)C(c1cccc2c1OC(C)(C)C2)N(C)C(=O)O. The molecule has 0 saturated carbocycles. The molecule has 0 aromatic heterocycles. The lowest BCUT2D eigenvalue weighted by Gasteiger charge is -2.39. The Morgan fingerprint density at radius 2 is 2.00 bits per heavy atom. The van der Waals surface area contributed by atoms with Crippen LogP contribution in [0.25, 0.3) is 0 Å². The van der Waals surface area contributed by atoms with Crippen molar-refractivity contribution in [2.24, 2.45) is 0 Å². The maximum absolute atomic E-state index is 11.9. The molecule has 1 atom stereocenters. The van der Waals surface area contributed by atoms with Crippen LogP contribution in [0.5, 0.6) is 5.75 Å². The minimum atomic E-state index is -1.04. The summed E-state index contributed by atoms with van der Waals surface area (Å²) in [6.45, 7) is 10.5. The summed E-state index contributed by atoms with van der Waals surface area (Å²) >= 11 is 0. The lowest BCUT2D eigenvalue weighted by Crippen LogP contribution is -2.46. The molecule has 1 N–H and O–H groups in total. The molecule has 1 aliphatic heterocycles. The van der Waals surface area contributed by atoms with Crippen molar-refractivity contribution >= 4 is 12.1 Å². The van der Waals surface area contributed by atoms with Crippen molar-refractivity contribution in [3.63, 3.8) is 0 Å². The van der Waals surface area contributed by atoms with E-state index in [-0.39, 0.29) is 24.0 Å². The highest BCUT2D eigenvalue weighted by molar-refractivity contribution is 5.69. The number of para-hydroxylation sites is 1. The quantitative estimate of drug-likeness (QED) is 0.537. The number of amides is 1. The monoisotopic (exact) mass is 392 g/mol. The Bertz CT molecular complexity index is 717. The fraction of sp³-hybridized carbons (Fsp3) is 0.619. The van der Waals surface area contributed by atoms with Gasteiger partial charge in [-0.25, -0.2) is 4.79 Å². The number of fused-ring (bicyclic) bond motifs is 1. The first-order valence-electron chi connectivity index (χ1n) is 9.75. The highest BCUT2D eigenvalue weighted by atomic mass is 16.5. The van der Waals surface area contributed by atoms with E-state index in [0.717, 1.165) is 23.3 Å². The molecule has 1 unspecified atom stereocenters. The van der Waals surface area contributed by atoms with Gasteiger partial charge in [0, 0.05) is 31.6 Å². The van der Waals surface area contributed by atoms with Gasteiger partial charge in [0.2, 0.25) is 0 Å². The minimum Gasteiger partial charge on any atom is -0.487 e. The molecule has 1 aliphatic rings. The number of ether oxygens (including phenoxy) is 2. The van der Waals surface area contributed by atoms with E-state index in [1.165, 1.54) is 4.90 Å². The standard InChI is InChI=1S/C21H32N2O5/c1-7-27-17(24)11-12-23(14(2)3)19(22(6)20(25)26)16-10-8-9-15-13-21(4,5)28-18(15)16/h8-10,14,19H,7,11-13H2,1-6H3,(H,25,26). The van der Waals surface area contributed by atoms with E-state index in [0.29, 0.717) is 13.2 Å². The van der Waals surface area contributed by atoms with E-state index >= 15 is 0 Å². The van der Waals surface area contributed by atoms with Gasteiger partial charge in [-0.2, -0.15) is 0 Å². The summed E-state index contributed by atoms with van der Waals surface area (Å²) in [6.07, 6.45) is -0.654. The molecule has 1 aromatic rings. The van der Waals surface area contributed by atoms with E-state index in [4.69, 9.17) is 9.47 Å². The molecule has 28 heavy (non-hydrogen) atoms. The van der Waals surface area contributed by atoms with Gasteiger partial charge < -0.3 is 14.6 Å². The van der Waals surface area contributed by atoms with Crippen LogP contribution in [-0.4, -0.2) is 58.8 Å². The van der Waals surface area contributed by atoms with Crippen LogP contribution < -0.4 is 4.74 Å². The van der Waals surface area contributed by atoms with Crippen LogP contribution in [-0.2, 0) is 16.0 Å². The topological polar surface area (TPSA) is 79.3 Å². The first-order valence-corrected chi connectivity index (χ1v) is 9.75. The van der Waals surface area contributed by atoms with Gasteiger partial charge in [0.15, 0.2) is 0 Å². The summed E-state index contributed by atoms with van der Waals surface area (Å²) in [5.74, 6) is 0.452. The third kappa shape index (κ3) is 4.95. The second-order valence-corrected chi connectivity index (χ2v) is 8.03. The second kappa shape index (κ2) is 8.82. The predicted octanol–water partition coefficient (Wildman–Crippen LogP) is 3.67. The molecule has 7 nitrogen and oxygen atoms in total. The Morgan fingerprint density at radius 1 is 1.32 bits per heavy atom. The lowest BCUT2D eigenvalue weighted by molar-refractivity contribution is -0.143. The Labute approximate surface area is 167 Å². The summed E-state index contributed by atoms with van der Waals surface area (Å²) in [4.78, 5) is 27.0. The lowest BCUT2D eigenvalue weighted by atomic mass is 9.99. The molecule has 0 bridgehead atoms. The predicted molar refractivity (Wildman–Crippen MR) is 106 cm³/mol. The van der Waals surface area contributed by atoms with Crippen LogP contribution >= 0.6 is 0 Å². The van der Waals surface area contributed by atoms with Crippen LogP contribution in [0, 0.1) is 0 Å². The molecule has 0 fully saturated rings. The van der Waals surface area contributed by atoms with E-state index in [1.54, 1.807) is 14.0 Å². The zero-order valence-corrected chi connectivity index (χ0v) is 17.7. The number of hydrogen-bond donors (Lipinski definition) is 1. The number of carbonyl (C=O) groups is 2. The van der Waals surface area contributed by atoms with Crippen molar-refractivity contribution in [2.75, 3.05) is 20.2 Å². The molecule has 1 aromatic carbocycles. The molecule has 7 heteroatoms. The van der Waals surface area contributed by atoms with Crippen LogP contribution in [0.15, 0.2) is 18.2 Å². The molecule has 1 heterocycles. The molecule has 2 rings (SSSR count). The third-order valence-electron chi connectivity index (χ3n) is 4.93. The highest BCUT2D eigenvalue weighted by Gasteiger charge is 2.37. The van der Waals surface area contributed by atoms with E-state index in [2.05, 4.69) is 0 Å². The Balaban J connectivity index is 2.44. The molecule has 0 radical (unpaired) electrons. The summed E-state index contributed by atoms with van der Waals surface area (Å²) in [7, 11) is 1.55. The Kier molecular flexibility index (Phi) is 6.93. The van der Waals surface area contributed by atoms with Crippen molar-refractivity contribution < 1.29 is 24.2 Å². The van der Waals surface area contributed by atoms with Gasteiger partial charge in [-0.1, -0.05) is 18.2 Å².